The molecular weight excluding hydrogens is 568 g/mol. The molecule has 0 spiro atoms. The van der Waals surface area contributed by atoms with Gasteiger partial charge < -0.3 is 15.8 Å². The maximum absolute atomic E-state index is 14.2. The highest BCUT2D eigenvalue weighted by Crippen LogP contribution is 2.36. The summed E-state index contributed by atoms with van der Waals surface area (Å²) in [6.07, 6.45) is -3.69. The maximum atomic E-state index is 14.2. The fourth-order valence-corrected chi connectivity index (χ4v) is 4.88. The van der Waals surface area contributed by atoms with Gasteiger partial charge in [-0.25, -0.2) is 13.2 Å². The number of rotatable bonds is 8. The van der Waals surface area contributed by atoms with Crippen molar-refractivity contribution < 1.29 is 40.7 Å². The van der Waals surface area contributed by atoms with E-state index < -0.39 is 59.3 Å². The monoisotopic (exact) mass is 589 g/mol. The van der Waals surface area contributed by atoms with Crippen LogP contribution in [0.15, 0.2) is 54.7 Å². The number of hydrogen-bond acceptors (Lipinski definition) is 5. The van der Waals surface area contributed by atoms with Crippen molar-refractivity contribution in [3.8, 4) is 11.1 Å². The van der Waals surface area contributed by atoms with Crippen LogP contribution in [0.3, 0.4) is 0 Å². The number of nitrogens with two attached hydrogens (primary N) is 1. The summed E-state index contributed by atoms with van der Waals surface area (Å²) in [4.78, 5) is 29.3. The zero-order valence-corrected chi connectivity index (χ0v) is 21.5. The van der Waals surface area contributed by atoms with Crippen LogP contribution in [0, 0.1) is 17.5 Å². The van der Waals surface area contributed by atoms with Gasteiger partial charge in [0, 0.05) is 23.4 Å². The van der Waals surface area contributed by atoms with Gasteiger partial charge in [0.05, 0.1) is 36.2 Å². The van der Waals surface area contributed by atoms with Crippen molar-refractivity contribution in [2.45, 2.75) is 38.4 Å². The Labute approximate surface area is 234 Å². The number of carbonyl (C=O) groups is 2. The van der Waals surface area contributed by atoms with Crippen LogP contribution in [0.5, 0.6) is 0 Å². The minimum absolute atomic E-state index is 0.0653. The smallest absolute Gasteiger partial charge is 0.370 e. The van der Waals surface area contributed by atoms with Crippen LogP contribution < -0.4 is 11.1 Å². The molecule has 14 heteroatoms. The van der Waals surface area contributed by atoms with Gasteiger partial charge in [-0.1, -0.05) is 12.1 Å². The molecule has 0 saturated heterocycles. The van der Waals surface area contributed by atoms with Crippen molar-refractivity contribution in [1.82, 2.24) is 20.1 Å². The number of alkyl halides is 3. The molecule has 2 aromatic heterocycles. The second-order valence-electron chi connectivity index (χ2n) is 9.52. The Morgan fingerprint density at radius 3 is 2.48 bits per heavy atom. The van der Waals surface area contributed by atoms with E-state index in [1.54, 1.807) is 6.07 Å². The summed E-state index contributed by atoms with van der Waals surface area (Å²) in [6.45, 7) is -1.27. The quantitative estimate of drug-likeness (QED) is 0.292. The van der Waals surface area contributed by atoms with E-state index in [1.807, 2.05) is 0 Å². The van der Waals surface area contributed by atoms with Crippen molar-refractivity contribution in [3.05, 3.63) is 106 Å². The van der Waals surface area contributed by atoms with Gasteiger partial charge in [-0.15, -0.1) is 0 Å². The molecule has 0 aliphatic carbocycles. The fourth-order valence-electron chi connectivity index (χ4n) is 4.88. The number of hydrogen-bond donors (Lipinski definition) is 2. The van der Waals surface area contributed by atoms with Gasteiger partial charge >= 0.3 is 6.18 Å². The number of ether oxygens (including phenoxy) is 1. The predicted octanol–water partition coefficient (Wildman–Crippen LogP) is 4.61. The molecule has 3 N–H and O–H groups in total. The van der Waals surface area contributed by atoms with Crippen molar-refractivity contribution >= 4 is 11.8 Å². The molecule has 0 radical (unpaired) electrons. The molecule has 2 aromatic carbocycles. The first-order valence-corrected chi connectivity index (χ1v) is 12.4. The number of aromatic nitrogens is 3. The Morgan fingerprint density at radius 2 is 1.79 bits per heavy atom. The van der Waals surface area contributed by atoms with E-state index in [0.717, 1.165) is 18.2 Å². The third-order valence-electron chi connectivity index (χ3n) is 6.59. The number of carbonyl (C=O) groups excluding carboxylic acids is 2. The molecule has 1 atom stereocenters. The van der Waals surface area contributed by atoms with E-state index in [9.17, 15) is 35.9 Å². The van der Waals surface area contributed by atoms with E-state index in [1.165, 1.54) is 24.4 Å². The van der Waals surface area contributed by atoms with Crippen molar-refractivity contribution in [3.63, 3.8) is 0 Å². The van der Waals surface area contributed by atoms with E-state index in [-0.39, 0.29) is 47.7 Å². The van der Waals surface area contributed by atoms with Gasteiger partial charge in [-0.3, -0.25) is 19.3 Å². The molecular formula is C28H21F6N5O3. The lowest BCUT2D eigenvalue weighted by Gasteiger charge is -2.22. The molecule has 8 nitrogen and oxygen atoms in total. The molecule has 0 bridgehead atoms. The Morgan fingerprint density at radius 1 is 1.05 bits per heavy atom. The van der Waals surface area contributed by atoms with Crippen LogP contribution in [-0.2, 0) is 41.9 Å². The molecule has 5 rings (SSSR count). The zero-order chi connectivity index (χ0) is 30.2. The first-order valence-electron chi connectivity index (χ1n) is 12.4. The van der Waals surface area contributed by atoms with Gasteiger partial charge in [-0.05, 0) is 47.9 Å². The highest BCUT2D eigenvalue weighted by molar-refractivity contribution is 5.94. The van der Waals surface area contributed by atoms with Gasteiger partial charge in [0.1, 0.15) is 29.7 Å². The SMILES string of the molecule is NC(=O)c1cc(-c2cccnc2C(Cc2cc(F)cc(F)c2)NC(=O)Cn2nc3c(c2C(F)(F)F)COC3)ccc1F. The van der Waals surface area contributed by atoms with Gasteiger partial charge in [0.2, 0.25) is 5.91 Å². The van der Waals surface area contributed by atoms with Crippen molar-refractivity contribution in [2.24, 2.45) is 5.73 Å². The number of primary amides is 1. The number of halogens is 6. The Hall–Kier alpha value is -4.72. The first-order chi connectivity index (χ1) is 19.9. The third kappa shape index (κ3) is 5.98. The van der Waals surface area contributed by atoms with Crippen molar-refractivity contribution in [1.29, 1.82) is 0 Å². The molecule has 0 saturated carbocycles. The van der Waals surface area contributed by atoms with Crippen molar-refractivity contribution in [2.75, 3.05) is 0 Å². The number of pyridine rings is 1. The lowest BCUT2D eigenvalue weighted by Crippen LogP contribution is -2.35. The topological polar surface area (TPSA) is 112 Å². The maximum Gasteiger partial charge on any atom is 0.433 e. The van der Waals surface area contributed by atoms with Crippen LogP contribution in [-0.4, -0.2) is 26.6 Å². The normalized spacial score (nSPS) is 13.6. The second kappa shape index (κ2) is 11.3. The van der Waals surface area contributed by atoms with E-state index >= 15 is 0 Å². The molecule has 4 aromatic rings. The van der Waals surface area contributed by atoms with Crippen LogP contribution in [0.25, 0.3) is 11.1 Å². The van der Waals surface area contributed by atoms with E-state index in [2.05, 4.69) is 15.4 Å². The lowest BCUT2D eigenvalue weighted by molar-refractivity contribution is -0.146. The van der Waals surface area contributed by atoms with Crippen LogP contribution in [0.1, 0.15) is 44.6 Å². The Kier molecular flexibility index (Phi) is 7.73. The molecule has 2 amide bonds. The Balaban J connectivity index is 1.53. The van der Waals surface area contributed by atoms with Crippen LogP contribution >= 0.6 is 0 Å². The fraction of sp³-hybridized carbons (Fsp3) is 0.214. The minimum Gasteiger partial charge on any atom is -0.370 e. The number of nitrogens with one attached hydrogen (secondary N) is 1. The van der Waals surface area contributed by atoms with Crippen LogP contribution in [0.4, 0.5) is 26.3 Å². The van der Waals surface area contributed by atoms with Gasteiger partial charge in [0.25, 0.3) is 5.91 Å². The molecule has 218 valence electrons. The summed E-state index contributed by atoms with van der Waals surface area (Å²) < 4.78 is 89.3. The molecule has 1 aliphatic heterocycles. The molecule has 42 heavy (non-hydrogen) atoms. The zero-order valence-electron chi connectivity index (χ0n) is 21.5. The first kappa shape index (κ1) is 28.8. The summed E-state index contributed by atoms with van der Waals surface area (Å²) in [5.74, 6) is -4.57. The Bertz CT molecular complexity index is 1670. The molecule has 1 aliphatic rings. The van der Waals surface area contributed by atoms with Gasteiger partial charge in [0.15, 0.2) is 0 Å². The summed E-state index contributed by atoms with van der Waals surface area (Å²) >= 11 is 0. The van der Waals surface area contributed by atoms with E-state index in [0.29, 0.717) is 16.3 Å². The highest BCUT2D eigenvalue weighted by Gasteiger charge is 2.41. The number of amides is 2. The van der Waals surface area contributed by atoms with Crippen LogP contribution in [0.2, 0.25) is 0 Å². The lowest BCUT2D eigenvalue weighted by atomic mass is 9.94. The summed E-state index contributed by atoms with van der Waals surface area (Å²) in [5.41, 5.74) is 4.48. The second-order valence-corrected chi connectivity index (χ2v) is 9.52. The summed E-state index contributed by atoms with van der Waals surface area (Å²) in [5, 5.41) is 6.50. The minimum atomic E-state index is -4.82. The van der Waals surface area contributed by atoms with Gasteiger partial charge in [-0.2, -0.15) is 18.3 Å². The summed E-state index contributed by atoms with van der Waals surface area (Å²) in [6, 6.07) is 8.20. The van der Waals surface area contributed by atoms with E-state index in [4.69, 9.17) is 10.5 Å². The average Bonchev–Trinajstić information content (AvgIpc) is 3.48. The summed E-state index contributed by atoms with van der Waals surface area (Å²) in [7, 11) is 0. The molecule has 1 unspecified atom stereocenters. The standard InChI is InChI=1S/C28H21F6N5O3/c29-16-6-14(7-17(30)10-16)8-22(25-18(2-1-5-36-25)15-3-4-21(31)19(9-15)27(35)41)37-24(40)11-39-26(28(32,33)34)20-12-42-13-23(20)38-39/h1-7,9-10,22H,8,11-13H2,(H2,35,41)(H,37,40). The molecule has 3 heterocycles. The average molecular weight is 589 g/mol. The number of benzene rings is 2. The number of nitrogens with zero attached hydrogens (tertiary/aromatic N) is 3. The largest absolute Gasteiger partial charge is 0.433 e. The third-order valence-corrected chi connectivity index (χ3v) is 6.59. The number of fused-ring (bicyclic) bond motifs is 1. The predicted molar refractivity (Wildman–Crippen MR) is 135 cm³/mol. The molecule has 0 fully saturated rings. The highest BCUT2D eigenvalue weighted by atomic mass is 19.4.